The highest BCUT2D eigenvalue weighted by Gasteiger charge is 2.38. The number of nitrogens with zero attached hydrogens (tertiary/aromatic N) is 4. The molecule has 0 spiro atoms. The van der Waals surface area contributed by atoms with Crippen molar-refractivity contribution in [1.29, 1.82) is 0 Å². The van der Waals surface area contributed by atoms with E-state index in [1.807, 2.05) is 14.2 Å². The fraction of sp³-hybridized carbons (Fsp3) is 0.547. The van der Waals surface area contributed by atoms with Crippen molar-refractivity contribution in [2.45, 2.75) is 167 Å². The van der Waals surface area contributed by atoms with E-state index in [2.05, 4.69) is 91.1 Å². The first-order valence-electron chi connectivity index (χ1n) is 23.6. The third-order valence-electron chi connectivity index (χ3n) is 13.0. The van der Waals surface area contributed by atoms with Crippen LogP contribution in [0.15, 0.2) is 55.0 Å². The van der Waals surface area contributed by atoms with E-state index in [9.17, 15) is 9.50 Å². The van der Waals surface area contributed by atoms with Gasteiger partial charge in [0.25, 0.3) is 0 Å². The second-order valence-corrected chi connectivity index (χ2v) is 21.8. The van der Waals surface area contributed by atoms with Crippen molar-refractivity contribution in [2.75, 3.05) is 26.6 Å². The Bertz CT molecular complexity index is 2290. The monoisotopic (exact) mass is 894 g/mol. The fourth-order valence-corrected chi connectivity index (χ4v) is 13.6. The Kier molecular flexibility index (Phi) is 16.6. The van der Waals surface area contributed by atoms with Gasteiger partial charge >= 0.3 is 0 Å². The minimum Gasteiger partial charge on any atom is -0.496 e. The Labute approximate surface area is 383 Å². The molecule has 0 saturated heterocycles. The summed E-state index contributed by atoms with van der Waals surface area (Å²) < 4.78 is 31.9. The number of hydrogen-bond acceptors (Lipinski definition) is 9. The quantitative estimate of drug-likeness (QED) is 0.105. The lowest BCUT2D eigenvalue weighted by Crippen LogP contribution is -2.28. The number of fused-ring (bicyclic) bond motifs is 1. The van der Waals surface area contributed by atoms with Gasteiger partial charge < -0.3 is 24.6 Å². The number of hydrogen-bond donors (Lipinski definition) is 2. The van der Waals surface area contributed by atoms with Crippen LogP contribution in [0.4, 0.5) is 16.0 Å². The van der Waals surface area contributed by atoms with Gasteiger partial charge in [-0.2, -0.15) is 0 Å². The van der Waals surface area contributed by atoms with E-state index < -0.39 is 11.8 Å². The molecule has 2 aliphatic rings. The summed E-state index contributed by atoms with van der Waals surface area (Å²) >= 11 is 0. The summed E-state index contributed by atoms with van der Waals surface area (Å²) in [6.07, 6.45) is 17.8. The van der Waals surface area contributed by atoms with Crippen molar-refractivity contribution in [3.05, 3.63) is 83.1 Å². The fourth-order valence-electron chi connectivity index (χ4n) is 9.55. The number of pyridine rings is 2. The molecule has 2 aromatic carbocycles. The molecule has 5 aromatic rings. The Morgan fingerprint density at radius 3 is 1.73 bits per heavy atom. The Morgan fingerprint density at radius 2 is 1.23 bits per heavy atom. The number of halogens is 1. The van der Waals surface area contributed by atoms with Gasteiger partial charge in [-0.05, 0) is 127 Å². The number of ether oxygens (including phenoxy) is 3. The van der Waals surface area contributed by atoms with Gasteiger partial charge in [-0.25, -0.2) is 24.3 Å². The van der Waals surface area contributed by atoms with E-state index in [1.165, 1.54) is 124 Å². The SMILES string of the molecule is COc1ccc(OC)c(P(C2CCCCC2)C2CCCCC2)c1-c1c(C(C)C)cc(C(C)C)cc1C(C)C.COc1ncc(C(C)O)c2cc(Nc3ccnc(C(C)(C)F)n3)ncc12. The van der Waals surface area contributed by atoms with Crippen LogP contribution >= 0.6 is 7.92 Å². The van der Waals surface area contributed by atoms with E-state index in [4.69, 9.17) is 14.2 Å². The maximum Gasteiger partial charge on any atom is 0.222 e. The summed E-state index contributed by atoms with van der Waals surface area (Å²) in [6.45, 7) is 18.6. The van der Waals surface area contributed by atoms with Gasteiger partial charge in [0.2, 0.25) is 5.88 Å². The van der Waals surface area contributed by atoms with Crippen molar-refractivity contribution in [3.8, 4) is 28.5 Å². The van der Waals surface area contributed by atoms with Crippen molar-refractivity contribution in [1.82, 2.24) is 19.9 Å². The number of aliphatic hydroxyl groups excluding tert-OH is 1. The minimum absolute atomic E-state index is 0.0822. The lowest BCUT2D eigenvalue weighted by molar-refractivity contribution is 0.200. The lowest BCUT2D eigenvalue weighted by Gasteiger charge is -2.41. The summed E-state index contributed by atoms with van der Waals surface area (Å²) in [4.78, 5) is 16.7. The lowest BCUT2D eigenvalue weighted by atomic mass is 9.81. The molecule has 7 rings (SSSR count). The molecule has 0 bridgehead atoms. The Balaban J connectivity index is 0.000000228. The molecule has 9 nitrogen and oxygen atoms in total. The second-order valence-electron chi connectivity index (χ2n) is 19.1. The van der Waals surface area contributed by atoms with Crippen LogP contribution in [0.2, 0.25) is 0 Å². The number of alkyl halides is 1. The zero-order chi connectivity index (χ0) is 46.3. The molecule has 11 heteroatoms. The van der Waals surface area contributed by atoms with Crippen LogP contribution in [0.25, 0.3) is 21.9 Å². The van der Waals surface area contributed by atoms with Gasteiger partial charge in [0.05, 0.1) is 32.8 Å². The van der Waals surface area contributed by atoms with Crippen LogP contribution in [0.1, 0.15) is 178 Å². The van der Waals surface area contributed by atoms with Crippen LogP contribution < -0.4 is 24.8 Å². The molecule has 3 heterocycles. The Morgan fingerprint density at radius 1 is 0.656 bits per heavy atom. The third-order valence-corrected chi connectivity index (χ3v) is 16.5. The second kappa shape index (κ2) is 21.7. The topological polar surface area (TPSA) is 112 Å². The highest BCUT2D eigenvalue weighted by Crippen LogP contribution is 2.59. The average Bonchev–Trinajstić information content (AvgIpc) is 3.28. The average molecular weight is 894 g/mol. The van der Waals surface area contributed by atoms with Gasteiger partial charge in [-0.15, -0.1) is 0 Å². The van der Waals surface area contributed by atoms with Crippen molar-refractivity contribution < 1.29 is 23.7 Å². The smallest absolute Gasteiger partial charge is 0.222 e. The number of anilines is 2. The molecule has 346 valence electrons. The van der Waals surface area contributed by atoms with E-state index in [1.54, 1.807) is 31.5 Å². The normalized spacial score (nSPS) is 15.7. The zero-order valence-electron chi connectivity index (χ0n) is 40.5. The standard InChI is InChI=1S/C35H53O2P.C18H20FN5O2/c1-23(2)26-21-29(24(3)4)33(30(22-26)25(5)6)34-31(36-7)19-20-32(37-8)35(34)38(27-15-11-9-12-16-27)28-17-13-10-14-18-28;1-10(25)12-8-22-16(26-4)13-9-21-15(7-11(12)13)23-14-5-6-20-17(24-14)18(2,3)19/h19-25,27-28H,9-18H2,1-8H3;5-10,25H,1-4H3,(H,20,21,23,24). The van der Waals surface area contributed by atoms with Crippen LogP contribution in [-0.4, -0.2) is 57.7 Å². The van der Waals surface area contributed by atoms with Crippen molar-refractivity contribution in [2.24, 2.45) is 0 Å². The first kappa shape index (κ1) is 49.0. The molecule has 1 atom stereocenters. The van der Waals surface area contributed by atoms with E-state index in [-0.39, 0.29) is 13.7 Å². The van der Waals surface area contributed by atoms with Crippen molar-refractivity contribution >= 4 is 35.6 Å². The van der Waals surface area contributed by atoms with Gasteiger partial charge in [-0.3, -0.25) is 0 Å². The van der Waals surface area contributed by atoms with Gasteiger partial charge in [0.1, 0.15) is 23.1 Å². The predicted molar refractivity (Wildman–Crippen MR) is 264 cm³/mol. The maximum atomic E-state index is 14.1. The molecule has 1 unspecified atom stereocenters. The molecular weight excluding hydrogens is 821 g/mol. The summed E-state index contributed by atoms with van der Waals surface area (Å²) in [5.74, 6) is 4.92. The van der Waals surface area contributed by atoms with Crippen LogP contribution in [0.5, 0.6) is 17.4 Å². The summed E-state index contributed by atoms with van der Waals surface area (Å²) in [5.41, 5.74) is 7.77. The minimum atomic E-state index is -1.65. The molecule has 2 fully saturated rings. The largest absolute Gasteiger partial charge is 0.496 e. The van der Waals surface area contributed by atoms with Crippen molar-refractivity contribution in [3.63, 3.8) is 0 Å². The molecule has 0 radical (unpaired) electrons. The van der Waals surface area contributed by atoms with Crippen LogP contribution in [-0.2, 0) is 5.67 Å². The third kappa shape index (κ3) is 11.2. The number of benzene rings is 2. The predicted octanol–water partition coefficient (Wildman–Crippen LogP) is 13.9. The van der Waals surface area contributed by atoms with Crippen LogP contribution in [0.3, 0.4) is 0 Å². The molecule has 2 saturated carbocycles. The molecular formula is C53H73FN5O4P. The zero-order valence-corrected chi connectivity index (χ0v) is 41.4. The summed E-state index contributed by atoms with van der Waals surface area (Å²) in [5, 5.41) is 16.0. The highest BCUT2D eigenvalue weighted by atomic mass is 31.1. The number of methoxy groups -OCH3 is 3. The van der Waals surface area contributed by atoms with Gasteiger partial charge in [-0.1, -0.05) is 100 Å². The molecule has 0 amide bonds. The maximum absolute atomic E-state index is 14.1. The number of nitrogens with one attached hydrogen (secondary N) is 1. The summed E-state index contributed by atoms with van der Waals surface area (Å²) in [6, 6.07) is 12.8. The number of aliphatic hydroxyl groups is 1. The molecule has 3 aromatic heterocycles. The van der Waals surface area contributed by atoms with Crippen LogP contribution in [0, 0.1) is 0 Å². The Hall–Kier alpha value is -4.40. The number of aromatic nitrogens is 4. The molecule has 2 N–H and O–H groups in total. The number of rotatable bonds is 14. The van der Waals surface area contributed by atoms with Gasteiger partial charge in [0.15, 0.2) is 11.5 Å². The van der Waals surface area contributed by atoms with Gasteiger partial charge in [0, 0.05) is 35.0 Å². The molecule has 64 heavy (non-hydrogen) atoms. The van der Waals surface area contributed by atoms with E-state index in [0.717, 1.165) is 28.2 Å². The molecule has 0 aliphatic heterocycles. The first-order chi connectivity index (χ1) is 30.6. The summed E-state index contributed by atoms with van der Waals surface area (Å²) in [7, 11) is 4.91. The first-order valence-corrected chi connectivity index (χ1v) is 25.1. The highest BCUT2D eigenvalue weighted by molar-refractivity contribution is 7.67. The van der Waals surface area contributed by atoms with E-state index >= 15 is 0 Å². The van der Waals surface area contributed by atoms with E-state index in [0.29, 0.717) is 46.2 Å². The molecule has 2 aliphatic carbocycles.